The highest BCUT2D eigenvalue weighted by Gasteiger charge is 2.31. The second-order valence-electron chi connectivity index (χ2n) is 8.18. The summed E-state index contributed by atoms with van der Waals surface area (Å²) >= 11 is 5.99. The van der Waals surface area contributed by atoms with E-state index in [9.17, 15) is 5.11 Å². The summed E-state index contributed by atoms with van der Waals surface area (Å²) in [7, 11) is 1.55. The molecule has 0 spiro atoms. The van der Waals surface area contributed by atoms with Gasteiger partial charge in [-0.15, -0.1) is 0 Å². The second-order valence-corrected chi connectivity index (χ2v) is 8.57. The van der Waals surface area contributed by atoms with E-state index in [0.717, 1.165) is 37.4 Å². The molecule has 1 N–H and O–H groups in total. The van der Waals surface area contributed by atoms with Crippen LogP contribution < -0.4 is 9.64 Å². The zero-order chi connectivity index (χ0) is 21.0. The lowest BCUT2D eigenvalue weighted by atomic mass is 9.76. The summed E-state index contributed by atoms with van der Waals surface area (Å²) in [6.07, 6.45) is 6.06. The van der Waals surface area contributed by atoms with Crippen LogP contribution in [-0.2, 0) is 6.61 Å². The van der Waals surface area contributed by atoms with E-state index >= 15 is 0 Å². The molecule has 0 amide bonds. The van der Waals surface area contributed by atoms with E-state index in [1.807, 2.05) is 13.0 Å². The monoisotopic (exact) mass is 418 g/mol. The van der Waals surface area contributed by atoms with Gasteiger partial charge in [0.1, 0.15) is 10.8 Å². The minimum Gasteiger partial charge on any atom is -0.480 e. The van der Waals surface area contributed by atoms with Gasteiger partial charge in [-0.25, -0.2) is 15.0 Å². The molecule has 0 atom stereocenters. The molecule has 0 radical (unpaired) electrons. The standard InChI is InChI=1S/C22H31ClN4O2/c1-5-6-9-22(3)10-12-27(13-11-22)20-17(14-28)25-19(15(2)24-20)16-7-8-18(23)26-21(16)29-4/h7-8,28H,5-6,9-14H2,1-4H3. The van der Waals surface area contributed by atoms with E-state index in [-0.39, 0.29) is 6.61 Å². The molecule has 2 aromatic heterocycles. The molecule has 0 saturated carbocycles. The number of halogens is 1. The van der Waals surface area contributed by atoms with Crippen LogP contribution in [0, 0.1) is 12.3 Å². The van der Waals surface area contributed by atoms with Crippen molar-refractivity contribution in [3.05, 3.63) is 28.7 Å². The van der Waals surface area contributed by atoms with E-state index in [1.165, 1.54) is 19.3 Å². The van der Waals surface area contributed by atoms with Gasteiger partial charge >= 0.3 is 0 Å². The summed E-state index contributed by atoms with van der Waals surface area (Å²) in [4.78, 5) is 16.1. The van der Waals surface area contributed by atoms with Crippen LogP contribution in [0.25, 0.3) is 11.3 Å². The third-order valence-electron chi connectivity index (χ3n) is 5.95. The van der Waals surface area contributed by atoms with Crippen molar-refractivity contribution < 1.29 is 9.84 Å². The van der Waals surface area contributed by atoms with Crippen LogP contribution in [0.5, 0.6) is 5.88 Å². The molecular weight excluding hydrogens is 388 g/mol. The molecule has 6 nitrogen and oxygen atoms in total. The lowest BCUT2D eigenvalue weighted by Crippen LogP contribution is -2.40. The van der Waals surface area contributed by atoms with E-state index < -0.39 is 0 Å². The molecule has 2 aromatic rings. The summed E-state index contributed by atoms with van der Waals surface area (Å²) in [6.45, 7) is 8.28. The number of hydrogen-bond acceptors (Lipinski definition) is 6. The van der Waals surface area contributed by atoms with Gasteiger partial charge in [0.25, 0.3) is 0 Å². The Labute approximate surface area is 178 Å². The summed E-state index contributed by atoms with van der Waals surface area (Å²) in [6, 6.07) is 3.53. The zero-order valence-corrected chi connectivity index (χ0v) is 18.6. The first-order valence-corrected chi connectivity index (χ1v) is 10.7. The Balaban J connectivity index is 1.89. The highest BCUT2D eigenvalue weighted by molar-refractivity contribution is 6.29. The van der Waals surface area contributed by atoms with E-state index in [1.54, 1.807) is 13.2 Å². The Morgan fingerprint density at radius 1 is 1.21 bits per heavy atom. The molecule has 7 heteroatoms. The molecular formula is C22H31ClN4O2. The second kappa shape index (κ2) is 9.26. The normalized spacial score (nSPS) is 16.1. The Morgan fingerprint density at radius 3 is 2.55 bits per heavy atom. The number of aromatic nitrogens is 3. The molecule has 0 bridgehead atoms. The first kappa shape index (κ1) is 21.8. The molecule has 1 aliphatic rings. The fourth-order valence-corrected chi connectivity index (χ4v) is 4.16. The molecule has 0 aliphatic carbocycles. The molecule has 3 rings (SSSR count). The number of hydrogen-bond donors (Lipinski definition) is 1. The highest BCUT2D eigenvalue weighted by Crippen LogP contribution is 2.38. The average Bonchev–Trinajstić information content (AvgIpc) is 2.73. The van der Waals surface area contributed by atoms with Crippen molar-refractivity contribution in [3.8, 4) is 17.1 Å². The lowest BCUT2D eigenvalue weighted by molar-refractivity contribution is 0.220. The maximum absolute atomic E-state index is 10.0. The topological polar surface area (TPSA) is 71.4 Å². The smallest absolute Gasteiger partial charge is 0.224 e. The van der Waals surface area contributed by atoms with Crippen molar-refractivity contribution >= 4 is 17.4 Å². The number of piperidine rings is 1. The van der Waals surface area contributed by atoms with Gasteiger partial charge in [-0.05, 0) is 43.7 Å². The zero-order valence-electron chi connectivity index (χ0n) is 17.8. The Bertz CT molecular complexity index is 851. The number of anilines is 1. The number of aliphatic hydroxyl groups excluding tert-OH is 1. The molecule has 1 fully saturated rings. The van der Waals surface area contributed by atoms with Crippen LogP contribution in [0.3, 0.4) is 0 Å². The summed E-state index contributed by atoms with van der Waals surface area (Å²) < 4.78 is 5.37. The summed E-state index contributed by atoms with van der Waals surface area (Å²) in [5, 5.41) is 10.4. The van der Waals surface area contributed by atoms with Crippen LogP contribution in [0.2, 0.25) is 5.15 Å². The Kier molecular flexibility index (Phi) is 6.96. The molecule has 1 aliphatic heterocycles. The third-order valence-corrected chi connectivity index (χ3v) is 6.16. The molecule has 29 heavy (non-hydrogen) atoms. The maximum Gasteiger partial charge on any atom is 0.224 e. The van der Waals surface area contributed by atoms with Crippen molar-refractivity contribution in [2.75, 3.05) is 25.1 Å². The molecule has 1 saturated heterocycles. The minimum atomic E-state index is -0.164. The van der Waals surface area contributed by atoms with Gasteiger partial charge < -0.3 is 14.7 Å². The van der Waals surface area contributed by atoms with Crippen molar-refractivity contribution in [2.24, 2.45) is 5.41 Å². The van der Waals surface area contributed by atoms with Gasteiger partial charge in [-0.1, -0.05) is 38.3 Å². The van der Waals surface area contributed by atoms with Crippen molar-refractivity contribution in [2.45, 2.75) is 59.5 Å². The Morgan fingerprint density at radius 2 is 1.93 bits per heavy atom. The average molecular weight is 419 g/mol. The molecule has 158 valence electrons. The first-order valence-electron chi connectivity index (χ1n) is 10.3. The first-order chi connectivity index (χ1) is 13.9. The molecule has 0 aromatic carbocycles. The highest BCUT2D eigenvalue weighted by atomic mass is 35.5. The number of rotatable bonds is 7. The van der Waals surface area contributed by atoms with E-state index in [0.29, 0.717) is 33.4 Å². The number of ether oxygens (including phenoxy) is 1. The van der Waals surface area contributed by atoms with Crippen LogP contribution >= 0.6 is 11.6 Å². The Hall–Kier alpha value is -1.92. The van der Waals surface area contributed by atoms with Gasteiger partial charge in [0, 0.05) is 13.1 Å². The predicted molar refractivity (Wildman–Crippen MR) is 117 cm³/mol. The number of methoxy groups -OCH3 is 1. The van der Waals surface area contributed by atoms with Gasteiger partial charge in [0.15, 0.2) is 5.82 Å². The van der Waals surface area contributed by atoms with Crippen molar-refractivity contribution in [3.63, 3.8) is 0 Å². The maximum atomic E-state index is 10.0. The quantitative estimate of drug-likeness (QED) is 0.651. The molecule has 3 heterocycles. The van der Waals surface area contributed by atoms with E-state index in [2.05, 4.69) is 23.7 Å². The third kappa shape index (κ3) is 4.81. The van der Waals surface area contributed by atoms with Crippen LogP contribution in [-0.4, -0.2) is 40.3 Å². The van der Waals surface area contributed by atoms with Crippen molar-refractivity contribution in [1.29, 1.82) is 0 Å². The van der Waals surface area contributed by atoms with Crippen LogP contribution in [0.1, 0.15) is 57.3 Å². The predicted octanol–water partition coefficient (Wildman–Crippen LogP) is 4.80. The molecule has 0 unspecified atom stereocenters. The fourth-order valence-electron chi connectivity index (χ4n) is 4.02. The van der Waals surface area contributed by atoms with Gasteiger partial charge in [0.05, 0.1) is 30.7 Å². The minimum absolute atomic E-state index is 0.164. The van der Waals surface area contributed by atoms with Crippen LogP contribution in [0.4, 0.5) is 5.82 Å². The number of aryl methyl sites for hydroxylation is 1. The van der Waals surface area contributed by atoms with Crippen LogP contribution in [0.15, 0.2) is 12.1 Å². The fraction of sp³-hybridized carbons (Fsp3) is 0.591. The van der Waals surface area contributed by atoms with Crippen molar-refractivity contribution in [1.82, 2.24) is 15.0 Å². The number of pyridine rings is 1. The summed E-state index contributed by atoms with van der Waals surface area (Å²) in [5.74, 6) is 1.18. The SMILES string of the molecule is CCCCC1(C)CCN(c2nc(C)c(-c3ccc(Cl)nc3OC)nc2CO)CC1. The van der Waals surface area contributed by atoms with Gasteiger partial charge in [-0.3, -0.25) is 0 Å². The largest absolute Gasteiger partial charge is 0.480 e. The van der Waals surface area contributed by atoms with E-state index in [4.69, 9.17) is 26.3 Å². The number of unbranched alkanes of at least 4 members (excludes halogenated alkanes) is 1. The number of aliphatic hydroxyl groups is 1. The van der Waals surface area contributed by atoms with Gasteiger partial charge in [-0.2, -0.15) is 0 Å². The van der Waals surface area contributed by atoms with Gasteiger partial charge in [0.2, 0.25) is 5.88 Å². The number of nitrogens with zero attached hydrogens (tertiary/aromatic N) is 4. The summed E-state index contributed by atoms with van der Waals surface area (Å²) in [5.41, 5.74) is 3.13. The lowest BCUT2D eigenvalue weighted by Gasteiger charge is -2.40.